The van der Waals surface area contributed by atoms with Gasteiger partial charge in [0.05, 0.1) is 33.1 Å². The number of anilines is 1. The average Bonchev–Trinajstić information content (AvgIpc) is 2.53. The highest BCUT2D eigenvalue weighted by Crippen LogP contribution is 2.32. The van der Waals surface area contributed by atoms with Crippen LogP contribution in [-0.4, -0.2) is 24.0 Å². The number of benzene rings is 2. The Morgan fingerprint density at radius 3 is 2.48 bits per heavy atom. The molecule has 2 aromatic carbocycles. The number of thioether (sulfide) groups is 1. The molecule has 23 heavy (non-hydrogen) atoms. The number of halogens is 3. The quantitative estimate of drug-likeness (QED) is 0.508. The summed E-state index contributed by atoms with van der Waals surface area (Å²) in [5.74, 6) is 1.67. The van der Waals surface area contributed by atoms with Crippen LogP contribution in [0.15, 0.2) is 42.5 Å². The molecule has 0 bridgehead atoms. The third kappa shape index (κ3) is 6.15. The number of amides is 1. The minimum absolute atomic E-state index is 0.157. The first-order valence-corrected chi connectivity index (χ1v) is 9.05. The molecule has 0 aromatic heterocycles. The van der Waals surface area contributed by atoms with E-state index in [9.17, 15) is 4.79 Å². The summed E-state index contributed by atoms with van der Waals surface area (Å²) >= 11 is 19.2. The van der Waals surface area contributed by atoms with Crippen molar-refractivity contribution in [1.82, 2.24) is 0 Å². The fourth-order valence-electron chi connectivity index (χ4n) is 1.70. The van der Waals surface area contributed by atoms with Gasteiger partial charge in [-0.2, -0.15) is 0 Å². The Morgan fingerprint density at radius 2 is 1.74 bits per heavy atom. The predicted molar refractivity (Wildman–Crippen MR) is 99.4 cm³/mol. The molecule has 1 amide bonds. The molecule has 122 valence electrons. The van der Waals surface area contributed by atoms with Crippen LogP contribution in [0.2, 0.25) is 15.1 Å². The van der Waals surface area contributed by atoms with Crippen LogP contribution in [0.25, 0.3) is 0 Å². The van der Waals surface area contributed by atoms with E-state index in [1.807, 2.05) is 30.3 Å². The summed E-state index contributed by atoms with van der Waals surface area (Å²) in [5, 5.41) is 3.76. The van der Waals surface area contributed by atoms with E-state index in [0.29, 0.717) is 38.9 Å². The summed E-state index contributed by atoms with van der Waals surface area (Å²) in [5.41, 5.74) is 0.451. The number of carbonyl (C=O) groups excluding carboxylic acids is 1. The third-order valence-electron chi connectivity index (χ3n) is 2.76. The van der Waals surface area contributed by atoms with Gasteiger partial charge in [-0.1, -0.05) is 53.0 Å². The van der Waals surface area contributed by atoms with Crippen molar-refractivity contribution < 1.29 is 9.53 Å². The highest BCUT2D eigenvalue weighted by Gasteiger charge is 2.09. The molecule has 2 aromatic rings. The van der Waals surface area contributed by atoms with Crippen LogP contribution in [0.5, 0.6) is 5.75 Å². The van der Waals surface area contributed by atoms with Crippen LogP contribution >= 0.6 is 46.6 Å². The lowest BCUT2D eigenvalue weighted by atomic mass is 10.3. The zero-order valence-electron chi connectivity index (χ0n) is 12.0. The molecule has 7 heteroatoms. The predicted octanol–water partition coefficient (Wildman–Crippen LogP) is 5.40. The van der Waals surface area contributed by atoms with Gasteiger partial charge in [-0.25, -0.2) is 0 Å². The first-order chi connectivity index (χ1) is 11.1. The fraction of sp³-hybridized carbons (Fsp3) is 0.188. The van der Waals surface area contributed by atoms with Crippen molar-refractivity contribution in [3.05, 3.63) is 57.5 Å². The van der Waals surface area contributed by atoms with Crippen LogP contribution < -0.4 is 10.1 Å². The average molecular weight is 391 g/mol. The number of nitrogens with one attached hydrogen (secondary N) is 1. The normalized spacial score (nSPS) is 10.4. The van der Waals surface area contributed by atoms with Gasteiger partial charge in [0.2, 0.25) is 5.91 Å². The van der Waals surface area contributed by atoms with Gasteiger partial charge in [0, 0.05) is 5.75 Å². The zero-order valence-corrected chi connectivity index (χ0v) is 15.1. The van der Waals surface area contributed by atoms with Crippen LogP contribution in [0.3, 0.4) is 0 Å². The molecule has 0 heterocycles. The van der Waals surface area contributed by atoms with E-state index in [4.69, 9.17) is 39.5 Å². The summed E-state index contributed by atoms with van der Waals surface area (Å²) in [6, 6.07) is 12.6. The number of hydrogen-bond donors (Lipinski definition) is 1. The molecule has 1 N–H and O–H groups in total. The Kier molecular flexibility index (Phi) is 7.37. The molecule has 0 unspecified atom stereocenters. The SMILES string of the molecule is O=C(CSCCOc1ccccc1)Nc1cc(Cl)c(Cl)cc1Cl. The van der Waals surface area contributed by atoms with E-state index >= 15 is 0 Å². The molecule has 0 saturated carbocycles. The Labute approximate surface area is 154 Å². The van der Waals surface area contributed by atoms with Gasteiger partial charge in [0.1, 0.15) is 5.75 Å². The van der Waals surface area contributed by atoms with Crippen molar-refractivity contribution in [2.75, 3.05) is 23.4 Å². The van der Waals surface area contributed by atoms with E-state index in [0.717, 1.165) is 5.75 Å². The van der Waals surface area contributed by atoms with Crippen LogP contribution in [0.1, 0.15) is 0 Å². The van der Waals surface area contributed by atoms with Crippen molar-refractivity contribution in [3.8, 4) is 5.75 Å². The van der Waals surface area contributed by atoms with Gasteiger partial charge in [0.25, 0.3) is 0 Å². The molecule has 0 aliphatic carbocycles. The smallest absolute Gasteiger partial charge is 0.234 e. The lowest BCUT2D eigenvalue weighted by Crippen LogP contribution is -2.15. The van der Waals surface area contributed by atoms with Crippen molar-refractivity contribution in [1.29, 1.82) is 0 Å². The van der Waals surface area contributed by atoms with Gasteiger partial charge in [-0.15, -0.1) is 11.8 Å². The van der Waals surface area contributed by atoms with E-state index in [1.165, 1.54) is 23.9 Å². The molecule has 0 aliphatic rings. The van der Waals surface area contributed by atoms with E-state index in [-0.39, 0.29) is 5.91 Å². The summed E-state index contributed by atoms with van der Waals surface area (Å²) < 4.78 is 5.55. The first kappa shape index (κ1) is 18.3. The maximum atomic E-state index is 11.9. The summed E-state index contributed by atoms with van der Waals surface area (Å²) in [7, 11) is 0. The van der Waals surface area contributed by atoms with Crippen molar-refractivity contribution in [2.45, 2.75) is 0 Å². The second-order valence-corrected chi connectivity index (χ2v) is 6.84. The fourth-order valence-corrected chi connectivity index (χ4v) is 2.90. The first-order valence-electron chi connectivity index (χ1n) is 6.76. The molecule has 0 saturated heterocycles. The Balaban J connectivity index is 1.70. The maximum absolute atomic E-state index is 11.9. The number of carbonyl (C=O) groups is 1. The standard InChI is InChI=1S/C16H14Cl3NO2S/c17-12-8-14(19)15(9-13(12)18)20-16(21)10-23-7-6-22-11-4-2-1-3-5-11/h1-5,8-9H,6-7,10H2,(H,20,21). The van der Waals surface area contributed by atoms with E-state index < -0.39 is 0 Å². The number of hydrogen-bond acceptors (Lipinski definition) is 3. The Morgan fingerprint density at radius 1 is 1.04 bits per heavy atom. The monoisotopic (exact) mass is 389 g/mol. The van der Waals surface area contributed by atoms with Gasteiger partial charge < -0.3 is 10.1 Å². The highest BCUT2D eigenvalue weighted by molar-refractivity contribution is 7.99. The molecular formula is C16H14Cl3NO2S. The maximum Gasteiger partial charge on any atom is 0.234 e. The van der Waals surface area contributed by atoms with Gasteiger partial charge in [0.15, 0.2) is 0 Å². The van der Waals surface area contributed by atoms with Crippen molar-refractivity contribution in [2.24, 2.45) is 0 Å². The number of ether oxygens (including phenoxy) is 1. The molecule has 0 atom stereocenters. The molecule has 0 aliphatic heterocycles. The summed E-state index contributed by atoms with van der Waals surface area (Å²) in [4.78, 5) is 11.9. The molecule has 0 radical (unpaired) electrons. The van der Waals surface area contributed by atoms with Gasteiger partial charge in [-0.05, 0) is 24.3 Å². The Bertz CT molecular complexity index is 668. The zero-order chi connectivity index (χ0) is 16.7. The van der Waals surface area contributed by atoms with Crippen LogP contribution in [0.4, 0.5) is 5.69 Å². The van der Waals surface area contributed by atoms with Crippen LogP contribution in [-0.2, 0) is 4.79 Å². The number of rotatable bonds is 7. The molecule has 3 nitrogen and oxygen atoms in total. The Hall–Kier alpha value is -1.07. The second kappa shape index (κ2) is 9.28. The minimum atomic E-state index is -0.157. The highest BCUT2D eigenvalue weighted by atomic mass is 35.5. The van der Waals surface area contributed by atoms with Gasteiger partial charge >= 0.3 is 0 Å². The van der Waals surface area contributed by atoms with Crippen molar-refractivity contribution >= 4 is 58.2 Å². The lowest BCUT2D eigenvalue weighted by Gasteiger charge is -2.09. The summed E-state index contributed by atoms with van der Waals surface area (Å²) in [6.45, 7) is 0.537. The lowest BCUT2D eigenvalue weighted by molar-refractivity contribution is -0.113. The summed E-state index contributed by atoms with van der Waals surface area (Å²) in [6.07, 6.45) is 0. The molecular weight excluding hydrogens is 377 g/mol. The van der Waals surface area contributed by atoms with E-state index in [2.05, 4.69) is 5.32 Å². The molecule has 0 fully saturated rings. The molecule has 0 spiro atoms. The molecule has 2 rings (SSSR count). The van der Waals surface area contributed by atoms with Crippen molar-refractivity contribution in [3.63, 3.8) is 0 Å². The third-order valence-corrected chi connectivity index (χ3v) is 4.71. The largest absolute Gasteiger partial charge is 0.493 e. The number of para-hydroxylation sites is 1. The second-order valence-electron chi connectivity index (χ2n) is 4.51. The van der Waals surface area contributed by atoms with E-state index in [1.54, 1.807) is 0 Å². The minimum Gasteiger partial charge on any atom is -0.493 e. The van der Waals surface area contributed by atoms with Crippen LogP contribution in [0, 0.1) is 0 Å². The topological polar surface area (TPSA) is 38.3 Å². The van der Waals surface area contributed by atoms with Gasteiger partial charge in [-0.3, -0.25) is 4.79 Å².